The van der Waals surface area contributed by atoms with Crippen molar-refractivity contribution in [2.24, 2.45) is 0 Å². The molecule has 1 fully saturated rings. The summed E-state index contributed by atoms with van der Waals surface area (Å²) in [6.45, 7) is 1.48. The number of anilines is 1. The summed E-state index contributed by atoms with van der Waals surface area (Å²) >= 11 is 0. The predicted molar refractivity (Wildman–Crippen MR) is 150 cm³/mol. The van der Waals surface area contributed by atoms with Gasteiger partial charge in [0, 0.05) is 0 Å². The third-order valence-electron chi connectivity index (χ3n) is 6.94. The molecule has 0 aliphatic carbocycles. The van der Waals surface area contributed by atoms with Gasteiger partial charge in [-0.05, 0) is 16.7 Å². The van der Waals surface area contributed by atoms with E-state index in [1.807, 2.05) is 95.6 Å². The maximum atomic E-state index is 6.61. The number of hydrogen-bond donors (Lipinski definition) is 1. The fourth-order valence-electron chi connectivity index (χ4n) is 4.88. The molecule has 5 aromatic rings. The maximum Gasteiger partial charge on any atom is 0.167 e. The van der Waals surface area contributed by atoms with E-state index in [1.54, 1.807) is 6.33 Å². The van der Waals surface area contributed by atoms with E-state index in [-0.39, 0.29) is 6.10 Å². The SMILES string of the molecule is Nc1ncnc2c1ncn2C1OCC(OCc2ccccc2)C(OCc2ccccc2)C1OCc1ccccc1. The molecule has 2 N–H and O–H groups in total. The zero-order valence-corrected chi connectivity index (χ0v) is 22.0. The van der Waals surface area contributed by atoms with Gasteiger partial charge in [-0.2, -0.15) is 0 Å². The number of imidazole rings is 1. The molecular weight excluding hydrogens is 506 g/mol. The van der Waals surface area contributed by atoms with Crippen molar-refractivity contribution in [3.63, 3.8) is 0 Å². The summed E-state index contributed by atoms with van der Waals surface area (Å²) in [4.78, 5) is 13.0. The van der Waals surface area contributed by atoms with Crippen molar-refractivity contribution >= 4 is 17.0 Å². The van der Waals surface area contributed by atoms with Crippen molar-refractivity contribution in [3.8, 4) is 0 Å². The summed E-state index contributed by atoms with van der Waals surface area (Å²) in [5.41, 5.74) is 10.3. The van der Waals surface area contributed by atoms with Crippen molar-refractivity contribution in [2.45, 2.75) is 44.4 Å². The van der Waals surface area contributed by atoms with Crippen LogP contribution in [-0.2, 0) is 38.8 Å². The molecule has 1 aliphatic rings. The molecule has 9 nitrogen and oxygen atoms in total. The van der Waals surface area contributed by atoms with E-state index in [2.05, 4.69) is 15.0 Å². The zero-order chi connectivity index (χ0) is 27.1. The molecule has 4 atom stereocenters. The summed E-state index contributed by atoms with van der Waals surface area (Å²) < 4.78 is 27.9. The minimum absolute atomic E-state index is 0.294. The van der Waals surface area contributed by atoms with Crippen LogP contribution in [0.1, 0.15) is 22.9 Å². The Balaban J connectivity index is 1.33. The number of fused-ring (bicyclic) bond motifs is 1. The molecular formula is C31H31N5O4. The molecule has 0 amide bonds. The number of ether oxygens (including phenoxy) is 4. The number of nitrogen functional groups attached to an aromatic ring is 1. The Morgan fingerprint density at radius 2 is 1.25 bits per heavy atom. The van der Waals surface area contributed by atoms with Crippen molar-refractivity contribution in [2.75, 3.05) is 12.3 Å². The van der Waals surface area contributed by atoms with Crippen LogP contribution in [0.25, 0.3) is 11.2 Å². The number of hydrogen-bond acceptors (Lipinski definition) is 8. The zero-order valence-electron chi connectivity index (χ0n) is 22.0. The van der Waals surface area contributed by atoms with E-state index in [0.717, 1.165) is 16.7 Å². The second-order valence-electron chi connectivity index (χ2n) is 9.66. The standard InChI is InChI=1S/C31H31N5O4/c32-29-26-30(34-20-33-29)36(21-35-26)31-28(39-18-24-14-8-3-9-15-24)27(38-17-23-12-6-2-7-13-23)25(19-40-31)37-16-22-10-4-1-5-11-22/h1-15,20-21,25,27-28,31H,16-19H2,(H2,32,33,34). The fourth-order valence-corrected chi connectivity index (χ4v) is 4.88. The van der Waals surface area contributed by atoms with Gasteiger partial charge in [-0.25, -0.2) is 15.0 Å². The van der Waals surface area contributed by atoms with Gasteiger partial charge in [0.15, 0.2) is 17.7 Å². The monoisotopic (exact) mass is 537 g/mol. The first-order chi connectivity index (χ1) is 19.8. The third-order valence-corrected chi connectivity index (χ3v) is 6.94. The van der Waals surface area contributed by atoms with Gasteiger partial charge in [-0.15, -0.1) is 0 Å². The van der Waals surface area contributed by atoms with E-state index >= 15 is 0 Å². The topological polar surface area (TPSA) is 107 Å². The Morgan fingerprint density at radius 1 is 0.700 bits per heavy atom. The smallest absolute Gasteiger partial charge is 0.167 e. The second-order valence-corrected chi connectivity index (χ2v) is 9.66. The predicted octanol–water partition coefficient (Wildman–Crippen LogP) is 4.69. The summed E-state index contributed by atoms with van der Waals surface area (Å²) in [5.74, 6) is 0.308. The number of aromatic nitrogens is 4. The molecule has 0 saturated carbocycles. The average Bonchev–Trinajstić information content (AvgIpc) is 3.45. The highest BCUT2D eigenvalue weighted by atomic mass is 16.6. The lowest BCUT2D eigenvalue weighted by Gasteiger charge is -2.42. The van der Waals surface area contributed by atoms with Crippen LogP contribution in [0.3, 0.4) is 0 Å². The first-order valence-corrected chi connectivity index (χ1v) is 13.3. The molecule has 40 heavy (non-hydrogen) atoms. The van der Waals surface area contributed by atoms with Crippen LogP contribution < -0.4 is 5.73 Å². The summed E-state index contributed by atoms with van der Waals surface area (Å²) in [6.07, 6.45) is 1.12. The molecule has 4 unspecified atom stereocenters. The van der Waals surface area contributed by atoms with Gasteiger partial charge in [-0.3, -0.25) is 4.57 Å². The molecule has 3 aromatic carbocycles. The quantitative estimate of drug-likeness (QED) is 0.273. The van der Waals surface area contributed by atoms with E-state index in [1.165, 1.54) is 6.33 Å². The molecule has 2 aromatic heterocycles. The van der Waals surface area contributed by atoms with E-state index in [9.17, 15) is 0 Å². The van der Waals surface area contributed by atoms with Gasteiger partial charge in [0.1, 0.15) is 30.2 Å². The van der Waals surface area contributed by atoms with Crippen LogP contribution in [0.2, 0.25) is 0 Å². The normalized spacial score (nSPS) is 21.0. The van der Waals surface area contributed by atoms with Crippen LogP contribution in [-0.4, -0.2) is 44.4 Å². The van der Waals surface area contributed by atoms with Gasteiger partial charge in [0.05, 0.1) is 32.8 Å². The third kappa shape index (κ3) is 5.88. The lowest BCUT2D eigenvalue weighted by atomic mass is 10.0. The second kappa shape index (κ2) is 12.4. The molecule has 9 heteroatoms. The summed E-state index contributed by atoms with van der Waals surface area (Å²) in [7, 11) is 0. The van der Waals surface area contributed by atoms with Gasteiger partial charge in [-0.1, -0.05) is 91.0 Å². The Hall–Kier alpha value is -4.15. The van der Waals surface area contributed by atoms with Crippen molar-refractivity contribution in [1.82, 2.24) is 19.5 Å². The van der Waals surface area contributed by atoms with E-state index in [0.29, 0.717) is 43.4 Å². The minimum atomic E-state index is -0.583. The van der Waals surface area contributed by atoms with Gasteiger partial charge in [0.2, 0.25) is 0 Å². The first kappa shape index (κ1) is 26.1. The van der Waals surface area contributed by atoms with Crippen LogP contribution in [0.4, 0.5) is 5.82 Å². The Bertz CT molecular complexity index is 1500. The number of nitrogens with zero attached hydrogens (tertiary/aromatic N) is 4. The molecule has 6 rings (SSSR count). The van der Waals surface area contributed by atoms with Gasteiger partial charge in [0.25, 0.3) is 0 Å². The molecule has 3 heterocycles. The lowest BCUT2D eigenvalue weighted by Crippen LogP contribution is -2.54. The highest BCUT2D eigenvalue weighted by molar-refractivity contribution is 5.81. The summed E-state index contributed by atoms with van der Waals surface area (Å²) in [6, 6.07) is 30.2. The molecule has 1 aliphatic heterocycles. The number of benzene rings is 3. The Labute approximate surface area is 232 Å². The minimum Gasteiger partial charge on any atom is -0.382 e. The van der Waals surface area contributed by atoms with Crippen LogP contribution in [0.15, 0.2) is 104 Å². The van der Waals surface area contributed by atoms with Crippen molar-refractivity contribution < 1.29 is 18.9 Å². The Morgan fingerprint density at radius 3 is 1.85 bits per heavy atom. The van der Waals surface area contributed by atoms with Gasteiger partial charge >= 0.3 is 0 Å². The average molecular weight is 538 g/mol. The van der Waals surface area contributed by atoms with Crippen LogP contribution in [0.5, 0.6) is 0 Å². The fraction of sp³-hybridized carbons (Fsp3) is 0.258. The highest BCUT2D eigenvalue weighted by Crippen LogP contribution is 2.34. The molecule has 0 bridgehead atoms. The molecule has 1 saturated heterocycles. The van der Waals surface area contributed by atoms with Crippen LogP contribution >= 0.6 is 0 Å². The summed E-state index contributed by atoms with van der Waals surface area (Å²) in [5, 5.41) is 0. The molecule has 0 radical (unpaired) electrons. The van der Waals surface area contributed by atoms with Crippen LogP contribution in [0, 0.1) is 0 Å². The Kier molecular flexibility index (Phi) is 8.06. The van der Waals surface area contributed by atoms with Crippen molar-refractivity contribution in [1.29, 1.82) is 0 Å². The van der Waals surface area contributed by atoms with E-state index < -0.39 is 18.4 Å². The first-order valence-electron chi connectivity index (χ1n) is 13.3. The lowest BCUT2D eigenvalue weighted by molar-refractivity contribution is -0.255. The van der Waals surface area contributed by atoms with Gasteiger partial charge < -0.3 is 24.7 Å². The molecule has 0 spiro atoms. The number of nitrogens with two attached hydrogens (primary N) is 1. The largest absolute Gasteiger partial charge is 0.382 e. The maximum absolute atomic E-state index is 6.61. The number of rotatable bonds is 10. The molecule has 204 valence electrons. The van der Waals surface area contributed by atoms with E-state index in [4.69, 9.17) is 24.7 Å². The highest BCUT2D eigenvalue weighted by Gasteiger charge is 2.44. The van der Waals surface area contributed by atoms with Crippen molar-refractivity contribution in [3.05, 3.63) is 120 Å².